The van der Waals surface area contributed by atoms with Crippen molar-refractivity contribution < 1.29 is 22.7 Å². The number of alkyl halides is 3. The van der Waals surface area contributed by atoms with Gasteiger partial charge in [0.25, 0.3) is 5.91 Å². The fourth-order valence-electron chi connectivity index (χ4n) is 2.18. The normalized spacial score (nSPS) is 18.3. The number of carbonyl (C=O) groups is 1. The molecule has 1 aliphatic rings. The molecule has 0 radical (unpaired) electrons. The van der Waals surface area contributed by atoms with Crippen molar-refractivity contribution in [1.82, 2.24) is 5.32 Å². The predicted molar refractivity (Wildman–Crippen MR) is 75.1 cm³/mol. The van der Waals surface area contributed by atoms with Crippen molar-refractivity contribution in [2.24, 2.45) is 0 Å². The largest absolute Gasteiger partial charge is 0.417 e. The summed E-state index contributed by atoms with van der Waals surface area (Å²) in [5.41, 5.74) is -1.30. The Morgan fingerprint density at radius 2 is 1.95 bits per heavy atom. The molecule has 1 aromatic carbocycles. The zero-order chi connectivity index (χ0) is 15.7. The van der Waals surface area contributed by atoms with Crippen LogP contribution in [0.2, 0.25) is 0 Å². The molecule has 0 aromatic heterocycles. The average Bonchev–Trinajstić information content (AvgIpc) is 2.38. The van der Waals surface area contributed by atoms with Crippen molar-refractivity contribution in [3.8, 4) is 0 Å². The standard InChI is InChI=1S/C14H15BrF3NO2/c1-13(4-6-21-7-5-13)19-12(20)9-2-3-11(15)10(8-9)14(16,17)18/h2-3,8H,4-7H2,1H3,(H,19,20). The quantitative estimate of drug-likeness (QED) is 0.866. The highest BCUT2D eigenvalue weighted by Crippen LogP contribution is 2.35. The van der Waals surface area contributed by atoms with Gasteiger partial charge in [0.1, 0.15) is 0 Å². The number of nitrogens with one attached hydrogen (secondary N) is 1. The fraction of sp³-hybridized carbons (Fsp3) is 0.500. The monoisotopic (exact) mass is 365 g/mol. The summed E-state index contributed by atoms with van der Waals surface area (Å²) < 4.78 is 43.7. The van der Waals surface area contributed by atoms with Crippen molar-refractivity contribution in [1.29, 1.82) is 0 Å². The maximum absolute atomic E-state index is 12.8. The third-order valence-corrected chi connectivity index (χ3v) is 4.24. The molecule has 0 spiro atoms. The van der Waals surface area contributed by atoms with Crippen LogP contribution < -0.4 is 5.32 Å². The lowest BCUT2D eigenvalue weighted by Gasteiger charge is -2.34. The number of ether oxygens (including phenoxy) is 1. The van der Waals surface area contributed by atoms with Gasteiger partial charge in [-0.2, -0.15) is 13.2 Å². The maximum atomic E-state index is 12.8. The van der Waals surface area contributed by atoms with Crippen LogP contribution in [0, 0.1) is 0 Å². The van der Waals surface area contributed by atoms with Gasteiger partial charge in [-0.3, -0.25) is 4.79 Å². The summed E-state index contributed by atoms with van der Waals surface area (Å²) in [5, 5.41) is 2.81. The molecule has 0 bridgehead atoms. The molecule has 1 heterocycles. The van der Waals surface area contributed by atoms with E-state index in [1.807, 2.05) is 6.92 Å². The Hall–Kier alpha value is -1.08. The zero-order valence-electron chi connectivity index (χ0n) is 11.4. The van der Waals surface area contributed by atoms with E-state index in [2.05, 4.69) is 21.2 Å². The lowest BCUT2D eigenvalue weighted by molar-refractivity contribution is -0.138. The fourth-order valence-corrected chi connectivity index (χ4v) is 2.65. The molecule has 21 heavy (non-hydrogen) atoms. The molecule has 1 aromatic rings. The summed E-state index contributed by atoms with van der Waals surface area (Å²) in [6.45, 7) is 2.94. The van der Waals surface area contributed by atoms with Crippen LogP contribution in [0.15, 0.2) is 22.7 Å². The molecule has 2 rings (SSSR count). The third kappa shape index (κ3) is 3.97. The van der Waals surface area contributed by atoms with Crippen molar-refractivity contribution >= 4 is 21.8 Å². The van der Waals surface area contributed by atoms with Gasteiger partial charge >= 0.3 is 6.18 Å². The summed E-state index contributed by atoms with van der Waals surface area (Å²) in [7, 11) is 0. The van der Waals surface area contributed by atoms with Gasteiger partial charge < -0.3 is 10.1 Å². The molecule has 0 unspecified atom stereocenters. The van der Waals surface area contributed by atoms with Crippen LogP contribution in [0.3, 0.4) is 0 Å². The lowest BCUT2D eigenvalue weighted by atomic mass is 9.92. The van der Waals surface area contributed by atoms with Crippen molar-refractivity contribution in [2.45, 2.75) is 31.5 Å². The first kappa shape index (κ1) is 16.3. The van der Waals surface area contributed by atoms with E-state index < -0.39 is 23.2 Å². The molecule has 1 aliphatic heterocycles. The number of hydrogen-bond donors (Lipinski definition) is 1. The Bertz CT molecular complexity index is 540. The van der Waals surface area contributed by atoms with Crippen LogP contribution >= 0.6 is 15.9 Å². The van der Waals surface area contributed by atoms with E-state index in [0.717, 1.165) is 6.07 Å². The van der Waals surface area contributed by atoms with Gasteiger partial charge in [0.05, 0.1) is 5.56 Å². The minimum absolute atomic E-state index is 0.00163. The van der Waals surface area contributed by atoms with Gasteiger partial charge in [0, 0.05) is 28.8 Å². The van der Waals surface area contributed by atoms with Crippen molar-refractivity contribution in [2.75, 3.05) is 13.2 Å². The molecule has 1 amide bonds. The summed E-state index contributed by atoms with van der Waals surface area (Å²) in [6.07, 6.45) is -3.22. The first-order valence-corrected chi connectivity index (χ1v) is 7.28. The van der Waals surface area contributed by atoms with E-state index >= 15 is 0 Å². The zero-order valence-corrected chi connectivity index (χ0v) is 13.0. The molecule has 116 valence electrons. The molecule has 0 atom stereocenters. The second-order valence-electron chi connectivity index (χ2n) is 5.32. The maximum Gasteiger partial charge on any atom is 0.417 e. The Morgan fingerprint density at radius 3 is 2.52 bits per heavy atom. The number of halogens is 4. The minimum Gasteiger partial charge on any atom is -0.381 e. The SMILES string of the molecule is CC1(NC(=O)c2ccc(Br)c(C(F)(F)F)c2)CCOCC1. The third-order valence-electron chi connectivity index (χ3n) is 3.55. The number of benzene rings is 1. The van der Waals surface area contributed by atoms with Crippen LogP contribution in [0.5, 0.6) is 0 Å². The molecule has 7 heteroatoms. The average molecular weight is 366 g/mol. The van der Waals surface area contributed by atoms with E-state index in [-0.39, 0.29) is 10.0 Å². The minimum atomic E-state index is -4.50. The molecule has 1 N–H and O–H groups in total. The van der Waals surface area contributed by atoms with Gasteiger partial charge in [0.2, 0.25) is 0 Å². The second-order valence-corrected chi connectivity index (χ2v) is 6.17. The van der Waals surface area contributed by atoms with E-state index in [1.165, 1.54) is 12.1 Å². The smallest absolute Gasteiger partial charge is 0.381 e. The van der Waals surface area contributed by atoms with Gasteiger partial charge in [-0.15, -0.1) is 0 Å². The predicted octanol–water partition coefficient (Wildman–Crippen LogP) is 3.77. The highest BCUT2D eigenvalue weighted by Gasteiger charge is 2.34. The van der Waals surface area contributed by atoms with Crippen LogP contribution in [-0.2, 0) is 10.9 Å². The Labute approximate surface area is 129 Å². The van der Waals surface area contributed by atoms with Crippen LogP contribution in [0.1, 0.15) is 35.7 Å². The van der Waals surface area contributed by atoms with E-state index in [0.29, 0.717) is 26.1 Å². The highest BCUT2D eigenvalue weighted by molar-refractivity contribution is 9.10. The molecule has 1 saturated heterocycles. The molecular formula is C14H15BrF3NO2. The first-order valence-electron chi connectivity index (χ1n) is 6.48. The topological polar surface area (TPSA) is 38.3 Å². The van der Waals surface area contributed by atoms with Crippen LogP contribution in [-0.4, -0.2) is 24.7 Å². The first-order chi connectivity index (χ1) is 9.71. The van der Waals surface area contributed by atoms with Crippen LogP contribution in [0.4, 0.5) is 13.2 Å². The van der Waals surface area contributed by atoms with Crippen molar-refractivity contribution in [3.63, 3.8) is 0 Å². The van der Waals surface area contributed by atoms with Crippen LogP contribution in [0.25, 0.3) is 0 Å². The van der Waals surface area contributed by atoms with Gasteiger partial charge in [-0.25, -0.2) is 0 Å². The molecule has 3 nitrogen and oxygen atoms in total. The van der Waals surface area contributed by atoms with Gasteiger partial charge in [-0.1, -0.05) is 15.9 Å². The van der Waals surface area contributed by atoms with E-state index in [4.69, 9.17) is 4.74 Å². The summed E-state index contributed by atoms with van der Waals surface area (Å²) >= 11 is 2.86. The number of rotatable bonds is 2. The van der Waals surface area contributed by atoms with E-state index in [1.54, 1.807) is 0 Å². The number of hydrogen-bond acceptors (Lipinski definition) is 2. The number of amides is 1. The molecule has 0 aliphatic carbocycles. The van der Waals surface area contributed by atoms with Gasteiger partial charge in [0.15, 0.2) is 0 Å². The molecule has 1 fully saturated rings. The van der Waals surface area contributed by atoms with Crippen molar-refractivity contribution in [3.05, 3.63) is 33.8 Å². The Balaban J connectivity index is 2.20. The number of carbonyl (C=O) groups excluding carboxylic acids is 1. The summed E-state index contributed by atoms with van der Waals surface area (Å²) in [5.74, 6) is -0.502. The Kier molecular flexibility index (Phi) is 4.63. The summed E-state index contributed by atoms with van der Waals surface area (Å²) in [4.78, 5) is 12.2. The highest BCUT2D eigenvalue weighted by atomic mass is 79.9. The van der Waals surface area contributed by atoms with Gasteiger partial charge in [-0.05, 0) is 38.0 Å². The van der Waals surface area contributed by atoms with E-state index in [9.17, 15) is 18.0 Å². The summed E-state index contributed by atoms with van der Waals surface area (Å²) in [6, 6.07) is 3.48. The molecular weight excluding hydrogens is 351 g/mol. The lowest BCUT2D eigenvalue weighted by Crippen LogP contribution is -2.49. The molecule has 0 saturated carbocycles. The second kappa shape index (κ2) is 5.96. The Morgan fingerprint density at radius 1 is 1.33 bits per heavy atom.